The van der Waals surface area contributed by atoms with Crippen LogP contribution in [0.15, 0.2) is 60.7 Å². The number of halogens is 1. The first-order valence-corrected chi connectivity index (χ1v) is 9.90. The van der Waals surface area contributed by atoms with Crippen molar-refractivity contribution in [2.75, 3.05) is 6.61 Å². The third kappa shape index (κ3) is 8.03. The Labute approximate surface area is 175 Å². The van der Waals surface area contributed by atoms with Gasteiger partial charge in [-0.1, -0.05) is 48.0 Å². The van der Waals surface area contributed by atoms with Gasteiger partial charge in [0.25, 0.3) is 0 Å². The van der Waals surface area contributed by atoms with Crippen LogP contribution in [0.25, 0.3) is 0 Å². The number of aliphatic carboxylic acids is 1. The molecule has 0 radical (unpaired) electrons. The average molecular weight is 423 g/mol. The maximum atomic E-state index is 10.4. The van der Waals surface area contributed by atoms with E-state index in [4.69, 9.17) is 21.4 Å². The summed E-state index contributed by atoms with van der Waals surface area (Å²) in [7, 11) is 0. The Morgan fingerprint density at radius 2 is 2.03 bits per heavy atom. The van der Waals surface area contributed by atoms with Gasteiger partial charge < -0.3 is 25.2 Å². The molecule has 1 aromatic carbocycles. The monoisotopic (exact) mass is 422 g/mol. The molecule has 0 saturated heterocycles. The lowest BCUT2D eigenvalue weighted by Gasteiger charge is -2.19. The zero-order valence-corrected chi connectivity index (χ0v) is 16.7. The summed E-state index contributed by atoms with van der Waals surface area (Å²) in [6, 6.07) is 6.89. The first kappa shape index (κ1) is 23.2. The van der Waals surface area contributed by atoms with Gasteiger partial charge in [0.15, 0.2) is 0 Å². The quantitative estimate of drug-likeness (QED) is 0.341. The molecule has 158 valence electrons. The van der Waals surface area contributed by atoms with Crippen LogP contribution in [0, 0.1) is 11.8 Å². The van der Waals surface area contributed by atoms with Crippen LogP contribution in [0.3, 0.4) is 0 Å². The van der Waals surface area contributed by atoms with E-state index in [2.05, 4.69) is 0 Å². The lowest BCUT2D eigenvalue weighted by molar-refractivity contribution is -0.131. The Hall–Kier alpha value is -2.12. The van der Waals surface area contributed by atoms with Crippen molar-refractivity contribution in [2.45, 2.75) is 37.6 Å². The number of aliphatic hydroxyl groups is 3. The van der Waals surface area contributed by atoms with Gasteiger partial charge >= 0.3 is 5.97 Å². The van der Waals surface area contributed by atoms with Gasteiger partial charge in [-0.25, -0.2) is 4.79 Å². The molecule has 7 heteroatoms. The second-order valence-electron chi connectivity index (χ2n) is 7.02. The predicted octanol–water partition coefficient (Wildman–Crippen LogP) is 2.97. The number of carbonyl (C=O) groups is 1. The SMILES string of the molecule is O=C(O)/C=C/C/C=C\C[C@@H]1[C@@H](/C=C/[C@@H](O)COc2cccc(Cl)c2)[C@H](O)C[C@@H]1O. The number of hydrogen-bond acceptors (Lipinski definition) is 5. The van der Waals surface area contributed by atoms with Gasteiger partial charge in [0.2, 0.25) is 0 Å². The molecule has 1 fully saturated rings. The van der Waals surface area contributed by atoms with Gasteiger partial charge in [-0.3, -0.25) is 0 Å². The number of carboxylic acid groups (broad SMARTS) is 1. The van der Waals surface area contributed by atoms with E-state index in [0.717, 1.165) is 6.08 Å². The largest absolute Gasteiger partial charge is 0.491 e. The highest BCUT2D eigenvalue weighted by molar-refractivity contribution is 6.30. The fraction of sp³-hybridized carbons (Fsp3) is 0.409. The Morgan fingerprint density at radius 3 is 2.76 bits per heavy atom. The Morgan fingerprint density at radius 1 is 1.24 bits per heavy atom. The highest BCUT2D eigenvalue weighted by Crippen LogP contribution is 2.36. The molecule has 0 unspecified atom stereocenters. The Kier molecular flexibility index (Phi) is 9.41. The lowest BCUT2D eigenvalue weighted by atomic mass is 9.89. The molecule has 6 nitrogen and oxygen atoms in total. The van der Waals surface area contributed by atoms with Crippen LogP contribution >= 0.6 is 11.6 Å². The second kappa shape index (κ2) is 11.8. The standard InChI is InChI=1S/C22H27ClO6/c23-15-6-5-7-17(12-15)29-14-16(24)10-11-19-18(20(25)13-21(19)26)8-3-1-2-4-9-22(27)28/h1,3-7,9-12,16,18-21,24-26H,2,8,13-14H2,(H,27,28)/b3-1-,9-4+,11-10+/t16-,18-,19-,20+,21-/m1/s1. The molecule has 1 saturated carbocycles. The van der Waals surface area contributed by atoms with E-state index in [0.29, 0.717) is 23.6 Å². The summed E-state index contributed by atoms with van der Waals surface area (Å²) in [5.41, 5.74) is 0. The van der Waals surface area contributed by atoms with Gasteiger partial charge in [0, 0.05) is 23.4 Å². The number of hydrogen-bond donors (Lipinski definition) is 4. The molecule has 1 aliphatic rings. The summed E-state index contributed by atoms with van der Waals surface area (Å²) < 4.78 is 5.50. The first-order chi connectivity index (χ1) is 13.9. The minimum Gasteiger partial charge on any atom is -0.491 e. The number of ether oxygens (including phenoxy) is 1. The summed E-state index contributed by atoms with van der Waals surface area (Å²) in [4.78, 5) is 10.4. The van der Waals surface area contributed by atoms with Crippen molar-refractivity contribution in [3.63, 3.8) is 0 Å². The lowest BCUT2D eigenvalue weighted by Crippen LogP contribution is -2.21. The maximum Gasteiger partial charge on any atom is 0.327 e. The van der Waals surface area contributed by atoms with Crippen molar-refractivity contribution in [2.24, 2.45) is 11.8 Å². The van der Waals surface area contributed by atoms with Gasteiger partial charge in [-0.05, 0) is 37.0 Å². The van der Waals surface area contributed by atoms with Crippen molar-refractivity contribution in [3.05, 3.63) is 65.7 Å². The summed E-state index contributed by atoms with van der Waals surface area (Å²) in [5.74, 6) is -0.899. The number of aliphatic hydroxyl groups excluding tert-OH is 3. The van der Waals surface area contributed by atoms with E-state index in [-0.39, 0.29) is 24.9 Å². The zero-order valence-electron chi connectivity index (χ0n) is 16.0. The highest BCUT2D eigenvalue weighted by Gasteiger charge is 2.39. The smallest absolute Gasteiger partial charge is 0.327 e. The van der Waals surface area contributed by atoms with Crippen molar-refractivity contribution in [1.82, 2.24) is 0 Å². The Bertz CT molecular complexity index is 745. The van der Waals surface area contributed by atoms with Crippen LogP contribution in [0.1, 0.15) is 19.3 Å². The van der Waals surface area contributed by atoms with Crippen molar-refractivity contribution in [3.8, 4) is 5.75 Å². The fourth-order valence-corrected chi connectivity index (χ4v) is 3.53. The molecule has 2 rings (SSSR count). The minimum atomic E-state index is -0.990. The average Bonchev–Trinajstić information content (AvgIpc) is 2.93. The molecular weight excluding hydrogens is 396 g/mol. The van der Waals surface area contributed by atoms with E-state index in [9.17, 15) is 20.1 Å². The van der Waals surface area contributed by atoms with E-state index >= 15 is 0 Å². The molecule has 0 aliphatic heterocycles. The van der Waals surface area contributed by atoms with Crippen LogP contribution in [0.2, 0.25) is 5.02 Å². The predicted molar refractivity (Wildman–Crippen MR) is 111 cm³/mol. The fourth-order valence-electron chi connectivity index (χ4n) is 3.35. The van der Waals surface area contributed by atoms with Crippen LogP contribution in [0.5, 0.6) is 5.75 Å². The van der Waals surface area contributed by atoms with Gasteiger partial charge in [-0.15, -0.1) is 0 Å². The summed E-state index contributed by atoms with van der Waals surface area (Å²) in [6.07, 6.45) is 8.73. The molecule has 0 spiro atoms. The highest BCUT2D eigenvalue weighted by atomic mass is 35.5. The van der Waals surface area contributed by atoms with Crippen molar-refractivity contribution >= 4 is 17.6 Å². The third-order valence-corrected chi connectivity index (χ3v) is 5.03. The second-order valence-corrected chi connectivity index (χ2v) is 7.45. The van der Waals surface area contributed by atoms with E-state index in [1.165, 1.54) is 6.08 Å². The number of carboxylic acids is 1. The molecule has 29 heavy (non-hydrogen) atoms. The molecule has 0 amide bonds. The van der Waals surface area contributed by atoms with Gasteiger partial charge in [-0.2, -0.15) is 0 Å². The van der Waals surface area contributed by atoms with E-state index in [1.54, 1.807) is 36.4 Å². The molecular formula is C22H27ClO6. The van der Waals surface area contributed by atoms with Gasteiger partial charge in [0.1, 0.15) is 18.5 Å². The molecule has 1 aromatic rings. The molecule has 0 aromatic heterocycles. The number of benzene rings is 1. The molecule has 0 heterocycles. The van der Waals surface area contributed by atoms with Crippen LogP contribution in [-0.4, -0.2) is 51.3 Å². The number of allylic oxidation sites excluding steroid dienone is 3. The van der Waals surface area contributed by atoms with Crippen molar-refractivity contribution in [1.29, 1.82) is 0 Å². The summed E-state index contributed by atoms with van der Waals surface area (Å²) >= 11 is 5.89. The minimum absolute atomic E-state index is 0.0443. The third-order valence-electron chi connectivity index (χ3n) is 4.80. The van der Waals surface area contributed by atoms with Crippen LogP contribution < -0.4 is 4.74 Å². The van der Waals surface area contributed by atoms with Gasteiger partial charge in [0.05, 0.1) is 12.2 Å². The maximum absolute atomic E-state index is 10.4. The molecule has 0 bridgehead atoms. The zero-order chi connectivity index (χ0) is 21.2. The summed E-state index contributed by atoms with van der Waals surface area (Å²) in [5, 5.41) is 39.7. The topological polar surface area (TPSA) is 107 Å². The first-order valence-electron chi connectivity index (χ1n) is 9.52. The van der Waals surface area contributed by atoms with Crippen LogP contribution in [0.4, 0.5) is 0 Å². The summed E-state index contributed by atoms with van der Waals surface area (Å²) in [6.45, 7) is 0.0443. The molecule has 1 aliphatic carbocycles. The molecule has 5 atom stereocenters. The van der Waals surface area contributed by atoms with Crippen LogP contribution in [-0.2, 0) is 4.79 Å². The van der Waals surface area contributed by atoms with E-state index in [1.807, 2.05) is 12.2 Å². The normalized spacial score (nSPS) is 25.9. The molecule has 4 N–H and O–H groups in total. The van der Waals surface area contributed by atoms with Crippen molar-refractivity contribution < 1.29 is 30.0 Å². The number of rotatable bonds is 10. The van der Waals surface area contributed by atoms with E-state index < -0.39 is 24.3 Å². The Balaban J connectivity index is 1.86.